The molecule has 3 rings (SSSR count). The van der Waals surface area contributed by atoms with Crippen molar-refractivity contribution in [3.63, 3.8) is 0 Å². The maximum absolute atomic E-state index is 12.0. The van der Waals surface area contributed by atoms with E-state index in [0.717, 1.165) is 11.3 Å². The van der Waals surface area contributed by atoms with Crippen LogP contribution in [-0.2, 0) is 4.79 Å². The van der Waals surface area contributed by atoms with E-state index in [9.17, 15) is 4.79 Å². The zero-order chi connectivity index (χ0) is 14.3. The summed E-state index contributed by atoms with van der Waals surface area (Å²) in [6, 6.07) is 6.99. The number of Topliss-reactive ketones (excluding diaryl/α,β-unsaturated/α-hetero) is 1. The van der Waals surface area contributed by atoms with Gasteiger partial charge in [-0.25, -0.2) is 0 Å². The number of allylic oxidation sites excluding steroid dienone is 2. The second-order valence-corrected chi connectivity index (χ2v) is 5.06. The number of nitrogens with one attached hydrogen (secondary N) is 1. The molecule has 1 aromatic heterocycles. The minimum absolute atomic E-state index is 0.0175. The third kappa shape index (κ3) is 1.98. The number of carbonyl (C=O) groups is 1. The Kier molecular flexibility index (Phi) is 3.02. The molecule has 1 aliphatic heterocycles. The monoisotopic (exact) mass is 289 g/mol. The minimum Gasteiger partial charge on any atom is -0.327 e. The first-order valence-corrected chi connectivity index (χ1v) is 6.48. The van der Waals surface area contributed by atoms with Gasteiger partial charge in [-0.2, -0.15) is 4.68 Å². The Morgan fingerprint density at radius 3 is 2.70 bits per heavy atom. The number of fused-ring (bicyclic) bond motifs is 1. The number of halogens is 1. The fraction of sp³-hybridized carbons (Fsp3) is 0.231. The Balaban J connectivity index is 2.19. The molecule has 0 bridgehead atoms. The summed E-state index contributed by atoms with van der Waals surface area (Å²) < 4.78 is 1.60. The summed E-state index contributed by atoms with van der Waals surface area (Å²) in [5.41, 5.74) is 2.32. The SMILES string of the molecule is CC(=O)C1=C(C)Nc2nnnn2C1c1ccc(Cl)cc1. The first-order chi connectivity index (χ1) is 9.58. The van der Waals surface area contributed by atoms with Crippen molar-refractivity contribution in [2.75, 3.05) is 5.32 Å². The van der Waals surface area contributed by atoms with Crippen LogP contribution in [0.1, 0.15) is 25.5 Å². The van der Waals surface area contributed by atoms with Crippen molar-refractivity contribution < 1.29 is 4.79 Å². The first-order valence-electron chi connectivity index (χ1n) is 6.10. The summed E-state index contributed by atoms with van der Waals surface area (Å²) in [6.07, 6.45) is 0. The zero-order valence-corrected chi connectivity index (χ0v) is 11.7. The molecule has 1 aliphatic rings. The Bertz CT molecular complexity index is 704. The maximum Gasteiger partial charge on any atom is 0.248 e. The molecule has 6 nitrogen and oxygen atoms in total. The predicted octanol–water partition coefficient (Wildman–Crippen LogP) is 2.20. The third-order valence-corrected chi connectivity index (χ3v) is 3.53. The van der Waals surface area contributed by atoms with Crippen LogP contribution in [0.25, 0.3) is 0 Å². The third-order valence-electron chi connectivity index (χ3n) is 3.28. The summed E-state index contributed by atoms with van der Waals surface area (Å²) >= 11 is 5.92. The molecule has 0 spiro atoms. The van der Waals surface area contributed by atoms with E-state index in [1.165, 1.54) is 0 Å². The number of aromatic nitrogens is 4. The number of nitrogens with zero attached hydrogens (tertiary/aromatic N) is 4. The molecule has 1 N–H and O–H groups in total. The molecule has 1 aromatic carbocycles. The minimum atomic E-state index is -0.337. The van der Waals surface area contributed by atoms with Crippen LogP contribution in [-0.4, -0.2) is 26.0 Å². The molecule has 20 heavy (non-hydrogen) atoms. The first kappa shape index (κ1) is 12.8. The van der Waals surface area contributed by atoms with Gasteiger partial charge in [0.05, 0.1) is 0 Å². The molecular weight excluding hydrogens is 278 g/mol. The van der Waals surface area contributed by atoms with E-state index in [4.69, 9.17) is 11.6 Å². The van der Waals surface area contributed by atoms with E-state index in [0.29, 0.717) is 16.5 Å². The molecule has 0 fully saturated rings. The number of rotatable bonds is 2. The van der Waals surface area contributed by atoms with Gasteiger partial charge in [0.2, 0.25) is 5.95 Å². The number of benzene rings is 1. The summed E-state index contributed by atoms with van der Waals surface area (Å²) in [7, 11) is 0. The predicted molar refractivity (Wildman–Crippen MR) is 74.4 cm³/mol. The Morgan fingerprint density at radius 1 is 1.35 bits per heavy atom. The van der Waals surface area contributed by atoms with Crippen LogP contribution >= 0.6 is 11.6 Å². The number of hydrogen-bond donors (Lipinski definition) is 1. The van der Waals surface area contributed by atoms with Gasteiger partial charge in [-0.1, -0.05) is 28.8 Å². The van der Waals surface area contributed by atoms with Crippen LogP contribution in [0.15, 0.2) is 35.5 Å². The molecule has 2 heterocycles. The highest BCUT2D eigenvalue weighted by Crippen LogP contribution is 2.34. The summed E-state index contributed by atoms with van der Waals surface area (Å²) in [5, 5.41) is 15.2. The van der Waals surface area contributed by atoms with E-state index in [-0.39, 0.29) is 11.8 Å². The second-order valence-electron chi connectivity index (χ2n) is 4.62. The van der Waals surface area contributed by atoms with E-state index in [1.54, 1.807) is 23.7 Å². The van der Waals surface area contributed by atoms with E-state index in [2.05, 4.69) is 20.8 Å². The zero-order valence-electron chi connectivity index (χ0n) is 11.0. The average Bonchev–Trinajstić information content (AvgIpc) is 2.85. The van der Waals surface area contributed by atoms with Gasteiger partial charge in [0.25, 0.3) is 0 Å². The Labute approximate surface area is 120 Å². The number of anilines is 1. The number of tetrazole rings is 1. The van der Waals surface area contributed by atoms with Crippen molar-refractivity contribution in [3.8, 4) is 0 Å². The van der Waals surface area contributed by atoms with E-state index >= 15 is 0 Å². The molecule has 0 amide bonds. The molecule has 2 aromatic rings. The molecule has 0 radical (unpaired) electrons. The molecule has 0 aliphatic carbocycles. The maximum atomic E-state index is 12.0. The van der Waals surface area contributed by atoms with Crippen LogP contribution in [0, 0.1) is 0 Å². The molecule has 1 atom stereocenters. The summed E-state index contributed by atoms with van der Waals surface area (Å²) in [6.45, 7) is 3.39. The lowest BCUT2D eigenvalue weighted by Gasteiger charge is -2.27. The van der Waals surface area contributed by atoms with Gasteiger partial charge in [-0.3, -0.25) is 4.79 Å². The number of hydrogen-bond acceptors (Lipinski definition) is 5. The fourth-order valence-corrected chi connectivity index (χ4v) is 2.55. The lowest BCUT2D eigenvalue weighted by atomic mass is 9.93. The molecular formula is C13H12ClN5O. The van der Waals surface area contributed by atoms with Gasteiger partial charge in [-0.15, -0.1) is 0 Å². The number of carbonyl (C=O) groups excluding carboxylic acids is 1. The number of ketones is 1. The largest absolute Gasteiger partial charge is 0.327 e. The quantitative estimate of drug-likeness (QED) is 0.917. The molecule has 0 saturated heterocycles. The smallest absolute Gasteiger partial charge is 0.248 e. The Hall–Kier alpha value is -2.21. The summed E-state index contributed by atoms with van der Waals surface area (Å²) in [4.78, 5) is 12.0. The lowest BCUT2D eigenvalue weighted by Crippen LogP contribution is -2.27. The highest BCUT2D eigenvalue weighted by atomic mass is 35.5. The van der Waals surface area contributed by atoms with Crippen molar-refractivity contribution in [1.29, 1.82) is 0 Å². The normalized spacial score (nSPS) is 17.6. The van der Waals surface area contributed by atoms with E-state index in [1.807, 2.05) is 19.1 Å². The lowest BCUT2D eigenvalue weighted by molar-refractivity contribution is -0.114. The van der Waals surface area contributed by atoms with Crippen molar-refractivity contribution >= 4 is 23.3 Å². The second kappa shape index (κ2) is 4.72. The van der Waals surface area contributed by atoms with Gasteiger partial charge < -0.3 is 5.32 Å². The molecule has 7 heteroatoms. The van der Waals surface area contributed by atoms with Crippen molar-refractivity contribution in [1.82, 2.24) is 20.2 Å². The van der Waals surface area contributed by atoms with Crippen molar-refractivity contribution in [2.45, 2.75) is 19.9 Å². The average molecular weight is 290 g/mol. The van der Waals surface area contributed by atoms with Crippen molar-refractivity contribution in [3.05, 3.63) is 46.1 Å². The fourth-order valence-electron chi connectivity index (χ4n) is 2.42. The van der Waals surface area contributed by atoms with Crippen LogP contribution < -0.4 is 5.32 Å². The van der Waals surface area contributed by atoms with E-state index < -0.39 is 0 Å². The van der Waals surface area contributed by atoms with Crippen LogP contribution in [0.4, 0.5) is 5.95 Å². The van der Waals surface area contributed by atoms with Gasteiger partial charge in [0.1, 0.15) is 6.04 Å². The Morgan fingerprint density at radius 2 is 2.05 bits per heavy atom. The topological polar surface area (TPSA) is 72.7 Å². The van der Waals surface area contributed by atoms with Gasteiger partial charge >= 0.3 is 0 Å². The van der Waals surface area contributed by atoms with Crippen molar-refractivity contribution in [2.24, 2.45) is 0 Å². The van der Waals surface area contributed by atoms with Crippen LogP contribution in [0.2, 0.25) is 5.02 Å². The van der Waals surface area contributed by atoms with Gasteiger partial charge in [-0.05, 0) is 42.0 Å². The highest BCUT2D eigenvalue weighted by molar-refractivity contribution is 6.30. The van der Waals surface area contributed by atoms with Crippen LogP contribution in [0.3, 0.4) is 0 Å². The molecule has 0 saturated carbocycles. The highest BCUT2D eigenvalue weighted by Gasteiger charge is 2.31. The van der Waals surface area contributed by atoms with Gasteiger partial charge in [0, 0.05) is 16.3 Å². The standard InChI is InChI=1S/C13H12ClN5O/c1-7-11(8(2)20)12(9-3-5-10(14)6-4-9)19-13(15-7)16-17-18-19/h3-6,12H,1-2H3,(H,15,16,18). The summed E-state index contributed by atoms with van der Waals surface area (Å²) in [5.74, 6) is 0.503. The van der Waals surface area contributed by atoms with Crippen LogP contribution in [0.5, 0.6) is 0 Å². The molecule has 1 unspecified atom stereocenters. The van der Waals surface area contributed by atoms with Gasteiger partial charge in [0.15, 0.2) is 5.78 Å². The molecule has 102 valence electrons.